The molecule has 0 bridgehead atoms. The van der Waals surface area contributed by atoms with E-state index < -0.39 is 80.1 Å². The van der Waals surface area contributed by atoms with E-state index in [0.29, 0.717) is 31.6 Å². The highest BCUT2D eigenvalue weighted by Gasteiger charge is 2.67. The van der Waals surface area contributed by atoms with Crippen molar-refractivity contribution in [3.8, 4) is 0 Å². The van der Waals surface area contributed by atoms with Crippen LogP contribution in [-0.2, 0) is 20.5 Å². The fraction of sp³-hybridized carbons (Fsp3) is 0.300. The highest BCUT2D eigenvalue weighted by Crippen LogP contribution is 2.65. The first kappa shape index (κ1) is 33.8. The molecule has 3 aromatic carbocycles. The third-order valence-corrected chi connectivity index (χ3v) is 9.02. The lowest BCUT2D eigenvalue weighted by molar-refractivity contribution is -0.140. The van der Waals surface area contributed by atoms with E-state index in [-0.39, 0.29) is 21.8 Å². The van der Waals surface area contributed by atoms with Gasteiger partial charge in [-0.3, -0.25) is 14.4 Å². The average molecular weight is 709 g/mol. The van der Waals surface area contributed by atoms with Crippen molar-refractivity contribution >= 4 is 69.6 Å². The fourth-order valence-corrected chi connectivity index (χ4v) is 6.21. The lowest BCUT2D eigenvalue weighted by atomic mass is 10.0. The molecule has 46 heavy (non-hydrogen) atoms. The summed E-state index contributed by atoms with van der Waals surface area (Å²) in [5.41, 5.74) is -4.52. The second kappa shape index (κ2) is 12.3. The normalized spacial score (nSPS) is 21.9. The second-order valence-electron chi connectivity index (χ2n) is 10.9. The molecule has 3 atom stereocenters. The molecule has 0 spiro atoms. The number of alkyl halides is 5. The van der Waals surface area contributed by atoms with Crippen molar-refractivity contribution in [2.45, 2.75) is 41.8 Å². The Bertz CT molecular complexity index is 1750. The number of benzene rings is 3. The van der Waals surface area contributed by atoms with Gasteiger partial charge in [-0.1, -0.05) is 17.7 Å². The molecule has 3 amide bonds. The summed E-state index contributed by atoms with van der Waals surface area (Å²) < 4.78 is 86.8. The van der Waals surface area contributed by atoms with Crippen LogP contribution in [0.5, 0.6) is 0 Å². The molecule has 2 fully saturated rings. The van der Waals surface area contributed by atoms with Gasteiger partial charge in [0.1, 0.15) is 27.3 Å². The minimum absolute atomic E-state index is 0.0123. The number of amides is 3. The maximum atomic E-state index is 15.3. The van der Waals surface area contributed by atoms with E-state index >= 15 is 4.39 Å². The Morgan fingerprint density at radius 2 is 1.63 bits per heavy atom. The minimum Gasteiger partial charge on any atom is -0.365 e. The van der Waals surface area contributed by atoms with Crippen molar-refractivity contribution < 1.29 is 45.5 Å². The highest BCUT2D eigenvalue weighted by atomic mass is 35.5. The zero-order valence-corrected chi connectivity index (χ0v) is 25.7. The minimum atomic E-state index is -5.00. The highest BCUT2D eigenvalue weighted by molar-refractivity contribution is 6.53. The monoisotopic (exact) mass is 707 g/mol. The number of hydrogen-bond acceptors (Lipinski definition) is 4. The van der Waals surface area contributed by atoms with Gasteiger partial charge in [0.15, 0.2) is 5.82 Å². The van der Waals surface area contributed by atoms with Crippen molar-refractivity contribution in [2.24, 2.45) is 5.92 Å². The van der Waals surface area contributed by atoms with Gasteiger partial charge in [0.05, 0.1) is 27.8 Å². The van der Waals surface area contributed by atoms with E-state index in [4.69, 9.17) is 39.5 Å². The third kappa shape index (κ3) is 6.51. The average Bonchev–Trinajstić information content (AvgIpc) is 3.28. The van der Waals surface area contributed by atoms with Crippen LogP contribution in [0.25, 0.3) is 0 Å². The van der Waals surface area contributed by atoms with Crippen molar-refractivity contribution in [1.82, 2.24) is 0 Å². The number of carbonyl (C=O) groups is 3. The van der Waals surface area contributed by atoms with Gasteiger partial charge in [0, 0.05) is 18.2 Å². The van der Waals surface area contributed by atoms with Crippen molar-refractivity contribution in [1.29, 1.82) is 0 Å². The number of halogens is 9. The van der Waals surface area contributed by atoms with Gasteiger partial charge in [-0.2, -0.15) is 13.2 Å². The zero-order chi connectivity index (χ0) is 33.8. The molecule has 5 rings (SSSR count). The van der Waals surface area contributed by atoms with Crippen LogP contribution < -0.4 is 16.0 Å². The van der Waals surface area contributed by atoms with Gasteiger partial charge in [0.25, 0.3) is 11.8 Å². The number of carbonyl (C=O) groups excluding carboxylic acids is 3. The largest absolute Gasteiger partial charge is 0.419 e. The lowest BCUT2D eigenvalue weighted by Gasteiger charge is -2.22. The number of hydrogen-bond donors (Lipinski definition) is 3. The maximum absolute atomic E-state index is 15.3. The summed E-state index contributed by atoms with van der Waals surface area (Å²) in [4.78, 5) is 38.8. The molecule has 2 aliphatic rings. The van der Waals surface area contributed by atoms with Gasteiger partial charge in [-0.05, 0) is 67.8 Å². The summed E-state index contributed by atoms with van der Waals surface area (Å²) in [6, 6.07) is 7.60. The fourth-order valence-electron chi connectivity index (χ4n) is 5.18. The lowest BCUT2D eigenvalue weighted by Crippen LogP contribution is -2.39. The summed E-state index contributed by atoms with van der Waals surface area (Å²) in [7, 11) is 0. The van der Waals surface area contributed by atoms with Gasteiger partial charge < -0.3 is 20.7 Å². The van der Waals surface area contributed by atoms with Gasteiger partial charge in [-0.25, -0.2) is 13.2 Å². The summed E-state index contributed by atoms with van der Waals surface area (Å²) >= 11 is 18.6. The molecule has 16 heteroatoms. The summed E-state index contributed by atoms with van der Waals surface area (Å²) in [6.07, 6.45) is -4.07. The first-order valence-electron chi connectivity index (χ1n) is 13.5. The van der Waals surface area contributed by atoms with Crippen LogP contribution in [0.3, 0.4) is 0 Å². The standard InChI is InChI=1S/C30H22Cl3F6N3O4/c1-28(9-2-10-46-28)27(45)42-24-19(35)7-8-20(23(24)36)41-25(43)15-12-14(4-5-17(15)31)40-26(44)22-21(29(22,32)33)13-3-6-18(34)16(11-13)30(37,38)39/h3-8,11-12,21-22H,2,9-10H2,1H3,(H,40,44)(H,41,43)(H,42,45)/t21-,22+,28?/m0/s1. The Morgan fingerprint density at radius 1 is 0.935 bits per heavy atom. The molecule has 3 aromatic rings. The maximum Gasteiger partial charge on any atom is 0.419 e. The van der Waals surface area contributed by atoms with E-state index in [0.717, 1.165) is 24.3 Å². The molecule has 1 saturated heterocycles. The molecular weight excluding hydrogens is 687 g/mol. The van der Waals surface area contributed by atoms with E-state index in [9.17, 15) is 36.3 Å². The summed E-state index contributed by atoms with van der Waals surface area (Å²) in [5.74, 6) is -8.83. The topological polar surface area (TPSA) is 96.5 Å². The third-order valence-electron chi connectivity index (χ3n) is 7.75. The van der Waals surface area contributed by atoms with Gasteiger partial charge >= 0.3 is 6.18 Å². The molecule has 1 saturated carbocycles. The Balaban J connectivity index is 1.32. The van der Waals surface area contributed by atoms with E-state index in [1.165, 1.54) is 19.1 Å². The Kier molecular flexibility index (Phi) is 9.01. The first-order valence-corrected chi connectivity index (χ1v) is 14.7. The first-order chi connectivity index (χ1) is 21.4. The van der Waals surface area contributed by atoms with Gasteiger partial charge in [-0.15, -0.1) is 23.2 Å². The van der Waals surface area contributed by atoms with Gasteiger partial charge in [0.2, 0.25) is 5.91 Å². The molecule has 0 radical (unpaired) electrons. The van der Waals surface area contributed by atoms with E-state index in [1.807, 2.05) is 0 Å². The van der Waals surface area contributed by atoms with Crippen LogP contribution in [0.15, 0.2) is 48.5 Å². The number of rotatable bonds is 7. The van der Waals surface area contributed by atoms with E-state index in [1.54, 1.807) is 0 Å². The van der Waals surface area contributed by atoms with Crippen LogP contribution in [0.4, 0.5) is 43.4 Å². The molecule has 1 aliphatic heterocycles. The quantitative estimate of drug-likeness (QED) is 0.171. The second-order valence-corrected chi connectivity index (χ2v) is 12.8. The molecule has 244 valence electrons. The molecule has 1 unspecified atom stereocenters. The molecule has 3 N–H and O–H groups in total. The molecule has 1 aliphatic carbocycles. The Morgan fingerprint density at radius 3 is 2.28 bits per heavy atom. The van der Waals surface area contributed by atoms with Crippen LogP contribution in [-0.4, -0.2) is 34.3 Å². The molecular formula is C30H22Cl3F6N3O4. The summed E-state index contributed by atoms with van der Waals surface area (Å²) in [6.45, 7) is 1.79. The number of anilines is 3. The van der Waals surface area contributed by atoms with Crippen LogP contribution >= 0.6 is 34.8 Å². The van der Waals surface area contributed by atoms with E-state index in [2.05, 4.69) is 16.0 Å². The van der Waals surface area contributed by atoms with Crippen molar-refractivity contribution in [3.05, 3.63) is 87.7 Å². The number of nitrogens with one attached hydrogen (secondary N) is 3. The predicted molar refractivity (Wildman–Crippen MR) is 159 cm³/mol. The van der Waals surface area contributed by atoms with Crippen LogP contribution in [0.2, 0.25) is 5.02 Å². The molecule has 0 aromatic heterocycles. The van der Waals surface area contributed by atoms with Crippen LogP contribution in [0.1, 0.15) is 47.2 Å². The smallest absolute Gasteiger partial charge is 0.365 e. The van der Waals surface area contributed by atoms with Crippen molar-refractivity contribution in [3.63, 3.8) is 0 Å². The molecule has 1 heterocycles. The van der Waals surface area contributed by atoms with Crippen LogP contribution in [0, 0.1) is 23.4 Å². The summed E-state index contributed by atoms with van der Waals surface area (Å²) in [5, 5.41) is 6.74. The predicted octanol–water partition coefficient (Wildman–Crippen LogP) is 8.06. The zero-order valence-electron chi connectivity index (χ0n) is 23.4. The SMILES string of the molecule is CC1(C(=O)Nc2c(F)ccc(NC(=O)c3cc(NC(=O)[C@H]4[C@H](c5ccc(F)c(C(F)(F)F)c5)C4(Cl)Cl)ccc3Cl)c2F)CCCO1. The molecule has 7 nitrogen and oxygen atoms in total. The van der Waals surface area contributed by atoms with Crippen molar-refractivity contribution in [2.75, 3.05) is 22.6 Å². The Hall–Kier alpha value is -3.52. The number of ether oxygens (including phenoxy) is 1. The Labute approximate surface area is 272 Å².